The van der Waals surface area contributed by atoms with Crippen LogP contribution in [-0.4, -0.2) is 24.3 Å². The molecule has 0 radical (unpaired) electrons. The van der Waals surface area contributed by atoms with Gasteiger partial charge in [-0.05, 0) is 62.2 Å². The highest BCUT2D eigenvalue weighted by atomic mass is 16.5. The Hall–Kier alpha value is -0.0800. The third kappa shape index (κ3) is 2.12. The van der Waals surface area contributed by atoms with Crippen molar-refractivity contribution in [3.8, 4) is 0 Å². The number of fused-ring (bicyclic) bond motifs is 6. The minimum absolute atomic E-state index is 0.542. The number of hydrogen-bond acceptors (Lipinski definition) is 2. The summed E-state index contributed by atoms with van der Waals surface area (Å²) in [7, 11) is 0. The molecule has 0 aromatic carbocycles. The highest BCUT2D eigenvalue weighted by molar-refractivity contribution is 5.06. The van der Waals surface area contributed by atoms with Gasteiger partial charge in [-0.15, -0.1) is 0 Å². The van der Waals surface area contributed by atoms with Gasteiger partial charge in [0.1, 0.15) is 0 Å². The van der Waals surface area contributed by atoms with E-state index in [-0.39, 0.29) is 0 Å². The fraction of sp³-hybridized carbons (Fsp3) is 1.00. The van der Waals surface area contributed by atoms with Gasteiger partial charge in [-0.1, -0.05) is 32.1 Å². The Morgan fingerprint density at radius 2 is 1.52 bits per heavy atom. The lowest BCUT2D eigenvalue weighted by molar-refractivity contribution is -0.133. The minimum Gasteiger partial charge on any atom is -0.372 e. The molecule has 5 fully saturated rings. The van der Waals surface area contributed by atoms with Crippen LogP contribution >= 0.6 is 0 Å². The first-order valence-corrected chi connectivity index (χ1v) is 9.81. The molecule has 5 rings (SSSR count). The van der Waals surface area contributed by atoms with Crippen LogP contribution in [0, 0.1) is 23.7 Å². The fourth-order valence-corrected chi connectivity index (χ4v) is 6.89. The van der Waals surface area contributed by atoms with Gasteiger partial charge in [0.25, 0.3) is 0 Å². The predicted molar refractivity (Wildman–Crippen MR) is 84.1 cm³/mol. The first kappa shape index (κ1) is 13.4. The van der Waals surface area contributed by atoms with E-state index in [0.717, 1.165) is 23.7 Å². The van der Waals surface area contributed by atoms with Gasteiger partial charge in [0, 0.05) is 12.1 Å². The summed E-state index contributed by atoms with van der Waals surface area (Å²) in [6.45, 7) is 0. The molecule has 2 nitrogen and oxygen atoms in total. The molecule has 4 aliphatic carbocycles. The summed E-state index contributed by atoms with van der Waals surface area (Å²) in [6, 6.07) is 1.38. The van der Waals surface area contributed by atoms with Crippen LogP contribution in [0.3, 0.4) is 0 Å². The Labute approximate surface area is 129 Å². The van der Waals surface area contributed by atoms with E-state index in [1.54, 1.807) is 0 Å². The number of hydrogen-bond donors (Lipinski definition) is 1. The van der Waals surface area contributed by atoms with Gasteiger partial charge in [0.05, 0.1) is 12.2 Å². The van der Waals surface area contributed by atoms with E-state index >= 15 is 0 Å². The van der Waals surface area contributed by atoms with Crippen molar-refractivity contribution < 1.29 is 4.74 Å². The predicted octanol–water partition coefficient (Wildman–Crippen LogP) is 3.89. The molecular formula is C19H31NO. The van der Waals surface area contributed by atoms with Crippen LogP contribution in [0.1, 0.15) is 70.6 Å². The average Bonchev–Trinajstić information content (AvgIpc) is 2.92. The van der Waals surface area contributed by atoms with E-state index in [0.29, 0.717) is 24.3 Å². The molecule has 1 saturated heterocycles. The van der Waals surface area contributed by atoms with E-state index in [9.17, 15) is 0 Å². The van der Waals surface area contributed by atoms with Crippen LogP contribution in [0.5, 0.6) is 0 Å². The Morgan fingerprint density at radius 3 is 2.52 bits per heavy atom. The first-order valence-electron chi connectivity index (χ1n) is 9.81. The monoisotopic (exact) mass is 289 g/mol. The minimum atomic E-state index is 0.542. The smallest absolute Gasteiger partial charge is 0.0735 e. The number of rotatable bonds is 0. The maximum absolute atomic E-state index is 6.59. The second kappa shape index (κ2) is 5.23. The van der Waals surface area contributed by atoms with Crippen LogP contribution in [0.4, 0.5) is 0 Å². The van der Waals surface area contributed by atoms with Gasteiger partial charge >= 0.3 is 0 Å². The van der Waals surface area contributed by atoms with Crippen LogP contribution in [0.25, 0.3) is 0 Å². The molecule has 4 saturated carbocycles. The molecule has 0 spiro atoms. The maximum atomic E-state index is 6.59. The third-order valence-electron chi connectivity index (χ3n) is 7.75. The molecule has 0 aromatic rings. The molecule has 0 aromatic heterocycles. The van der Waals surface area contributed by atoms with Crippen molar-refractivity contribution in [3.63, 3.8) is 0 Å². The van der Waals surface area contributed by atoms with E-state index < -0.39 is 0 Å². The summed E-state index contributed by atoms with van der Waals surface area (Å²) >= 11 is 0. The van der Waals surface area contributed by atoms with Crippen LogP contribution in [0.15, 0.2) is 0 Å². The molecule has 0 bridgehead atoms. The number of nitrogens with one attached hydrogen (secondary N) is 1. The summed E-state index contributed by atoms with van der Waals surface area (Å²) in [5.74, 6) is 4.13. The van der Waals surface area contributed by atoms with Gasteiger partial charge in [0.15, 0.2) is 0 Å². The number of ether oxygens (including phenoxy) is 1. The third-order valence-corrected chi connectivity index (χ3v) is 7.75. The van der Waals surface area contributed by atoms with Crippen molar-refractivity contribution in [3.05, 3.63) is 0 Å². The van der Waals surface area contributed by atoms with Crippen molar-refractivity contribution in [1.82, 2.24) is 5.32 Å². The summed E-state index contributed by atoms with van der Waals surface area (Å²) in [6.07, 6.45) is 16.9. The van der Waals surface area contributed by atoms with Gasteiger partial charge in [-0.3, -0.25) is 0 Å². The molecule has 1 heterocycles. The zero-order chi connectivity index (χ0) is 13.8. The van der Waals surface area contributed by atoms with Gasteiger partial charge in [-0.25, -0.2) is 0 Å². The molecule has 1 aliphatic heterocycles. The Balaban J connectivity index is 1.36. The van der Waals surface area contributed by atoms with Crippen molar-refractivity contribution in [2.45, 2.75) is 94.9 Å². The maximum Gasteiger partial charge on any atom is 0.0735 e. The SMILES string of the molecule is C1CCC2C(C1)CC1C2CCC2OC3CCCCC3NC21. The van der Waals surface area contributed by atoms with Crippen molar-refractivity contribution >= 4 is 0 Å². The Bertz CT molecular complexity index is 397. The van der Waals surface area contributed by atoms with Crippen LogP contribution in [0.2, 0.25) is 0 Å². The molecule has 1 N–H and O–H groups in total. The second-order valence-electron chi connectivity index (χ2n) is 8.65. The van der Waals surface area contributed by atoms with Gasteiger partial charge < -0.3 is 10.1 Å². The van der Waals surface area contributed by atoms with Crippen LogP contribution < -0.4 is 5.32 Å². The summed E-state index contributed by atoms with van der Waals surface area (Å²) < 4.78 is 6.59. The normalized spacial score (nSPS) is 56.0. The quantitative estimate of drug-likeness (QED) is 0.730. The van der Waals surface area contributed by atoms with E-state index in [1.807, 2.05) is 0 Å². The summed E-state index contributed by atoms with van der Waals surface area (Å²) in [5, 5.41) is 4.11. The topological polar surface area (TPSA) is 21.3 Å². The lowest BCUT2D eigenvalue weighted by Crippen LogP contribution is -2.63. The highest BCUT2D eigenvalue weighted by Gasteiger charge is 2.53. The zero-order valence-electron chi connectivity index (χ0n) is 13.3. The highest BCUT2D eigenvalue weighted by Crippen LogP contribution is 2.55. The fourth-order valence-electron chi connectivity index (χ4n) is 6.89. The van der Waals surface area contributed by atoms with Gasteiger partial charge in [0.2, 0.25) is 0 Å². The lowest BCUT2D eigenvalue weighted by Gasteiger charge is -2.51. The van der Waals surface area contributed by atoms with Crippen molar-refractivity contribution in [2.75, 3.05) is 0 Å². The standard InChI is InChI=1S/C19H31NO/c1-2-6-13-12(5-1)11-15-14(13)9-10-18-19(15)20-16-7-3-4-8-17(16)21-18/h12-20H,1-11H2. The molecular weight excluding hydrogens is 258 g/mol. The lowest BCUT2D eigenvalue weighted by atomic mass is 9.70. The molecule has 21 heavy (non-hydrogen) atoms. The molecule has 8 unspecified atom stereocenters. The summed E-state index contributed by atoms with van der Waals surface area (Å²) in [5.41, 5.74) is 0. The number of morpholine rings is 1. The van der Waals surface area contributed by atoms with Crippen molar-refractivity contribution in [2.24, 2.45) is 23.7 Å². The summed E-state index contributed by atoms with van der Waals surface area (Å²) in [4.78, 5) is 0. The molecule has 118 valence electrons. The molecule has 8 atom stereocenters. The second-order valence-corrected chi connectivity index (χ2v) is 8.65. The van der Waals surface area contributed by atoms with Crippen molar-refractivity contribution in [1.29, 1.82) is 0 Å². The van der Waals surface area contributed by atoms with E-state index in [4.69, 9.17) is 4.74 Å². The van der Waals surface area contributed by atoms with E-state index in [2.05, 4.69) is 5.32 Å². The van der Waals surface area contributed by atoms with Crippen LogP contribution in [-0.2, 0) is 4.74 Å². The molecule has 0 amide bonds. The Kier molecular flexibility index (Phi) is 3.33. The zero-order valence-corrected chi connectivity index (χ0v) is 13.3. The Morgan fingerprint density at radius 1 is 0.667 bits per heavy atom. The molecule has 2 heteroatoms. The largest absolute Gasteiger partial charge is 0.372 e. The first-order chi connectivity index (χ1) is 10.4. The van der Waals surface area contributed by atoms with Gasteiger partial charge in [-0.2, -0.15) is 0 Å². The average molecular weight is 289 g/mol. The van der Waals surface area contributed by atoms with E-state index in [1.165, 1.54) is 70.6 Å². The molecule has 5 aliphatic rings.